The molecule has 1 aromatic rings. The van der Waals surface area contributed by atoms with Gasteiger partial charge in [0.05, 0.1) is 11.9 Å². The van der Waals surface area contributed by atoms with Gasteiger partial charge in [0.25, 0.3) is 0 Å². The first-order valence-electron chi connectivity index (χ1n) is 5.90. The average molecular weight is 271 g/mol. The second-order valence-corrected chi connectivity index (χ2v) is 6.04. The van der Waals surface area contributed by atoms with Gasteiger partial charge in [0.2, 0.25) is 0 Å². The van der Waals surface area contributed by atoms with E-state index in [1.165, 1.54) is 10.5 Å². The molecule has 1 saturated heterocycles. The van der Waals surface area contributed by atoms with E-state index in [1.54, 1.807) is 18.3 Å². The lowest BCUT2D eigenvalue weighted by molar-refractivity contribution is 0.170. The number of aromatic nitrogens is 1. The lowest BCUT2D eigenvalue weighted by atomic mass is 10.00. The second kappa shape index (κ2) is 5.64. The summed E-state index contributed by atoms with van der Waals surface area (Å²) >= 11 is 0. The molecule has 2 N–H and O–H groups in total. The first kappa shape index (κ1) is 13.3. The molecule has 0 bridgehead atoms. The predicted molar refractivity (Wildman–Crippen MR) is 68.2 cm³/mol. The largest absolute Gasteiger partial charge is 0.396 e. The second-order valence-electron chi connectivity index (χ2n) is 4.37. The minimum atomic E-state index is -3.51. The fraction of sp³-hybridized carbons (Fsp3) is 0.545. The average Bonchev–Trinajstić information content (AvgIpc) is 2.39. The molecule has 7 heteroatoms. The fourth-order valence-corrected chi connectivity index (χ4v) is 3.21. The third-order valence-corrected chi connectivity index (χ3v) is 4.62. The Labute approximate surface area is 107 Å². The van der Waals surface area contributed by atoms with Crippen molar-refractivity contribution in [3.63, 3.8) is 0 Å². The molecule has 0 unspecified atom stereocenters. The van der Waals surface area contributed by atoms with E-state index in [9.17, 15) is 8.42 Å². The number of nitrogens with one attached hydrogen (secondary N) is 1. The highest BCUT2D eigenvalue weighted by molar-refractivity contribution is 7.90. The number of anilines is 1. The van der Waals surface area contributed by atoms with Gasteiger partial charge in [-0.05, 0) is 30.9 Å². The highest BCUT2D eigenvalue weighted by atomic mass is 32.2. The van der Waals surface area contributed by atoms with Crippen molar-refractivity contribution < 1.29 is 13.5 Å². The van der Waals surface area contributed by atoms with E-state index in [-0.39, 0.29) is 12.5 Å². The third kappa shape index (κ3) is 3.18. The van der Waals surface area contributed by atoms with E-state index < -0.39 is 10.2 Å². The Morgan fingerprint density at radius 3 is 2.72 bits per heavy atom. The highest BCUT2D eigenvalue weighted by Crippen LogP contribution is 2.20. The summed E-state index contributed by atoms with van der Waals surface area (Å²) in [6.07, 6.45) is 4.46. The first-order valence-corrected chi connectivity index (χ1v) is 7.34. The first-order chi connectivity index (χ1) is 8.62. The molecule has 1 aliphatic heterocycles. The lowest BCUT2D eigenvalue weighted by Crippen LogP contribution is -2.42. The molecule has 0 amide bonds. The molecule has 100 valence electrons. The number of pyridine rings is 1. The smallest absolute Gasteiger partial charge is 0.301 e. The van der Waals surface area contributed by atoms with Gasteiger partial charge in [-0.1, -0.05) is 0 Å². The van der Waals surface area contributed by atoms with Crippen LogP contribution < -0.4 is 4.72 Å². The molecule has 1 fully saturated rings. The van der Waals surface area contributed by atoms with Crippen LogP contribution in [0.25, 0.3) is 0 Å². The van der Waals surface area contributed by atoms with Crippen LogP contribution in [0, 0.1) is 5.92 Å². The molecule has 0 radical (unpaired) electrons. The zero-order valence-corrected chi connectivity index (χ0v) is 10.8. The lowest BCUT2D eigenvalue weighted by Gasteiger charge is -2.30. The van der Waals surface area contributed by atoms with Gasteiger partial charge in [0, 0.05) is 25.9 Å². The van der Waals surface area contributed by atoms with Crippen LogP contribution in [0.2, 0.25) is 0 Å². The van der Waals surface area contributed by atoms with Crippen LogP contribution in [0.15, 0.2) is 24.5 Å². The Bertz CT molecular complexity index is 470. The summed E-state index contributed by atoms with van der Waals surface area (Å²) in [4.78, 5) is 3.86. The minimum absolute atomic E-state index is 0.129. The molecule has 1 aromatic heterocycles. The predicted octanol–water partition coefficient (Wildman–Crippen LogP) is 0.443. The zero-order chi connectivity index (χ0) is 13.0. The topological polar surface area (TPSA) is 82.5 Å². The molecule has 0 aromatic carbocycles. The zero-order valence-electron chi connectivity index (χ0n) is 9.99. The number of aliphatic hydroxyl groups is 1. The van der Waals surface area contributed by atoms with Crippen molar-refractivity contribution in [1.82, 2.24) is 9.29 Å². The molecule has 0 atom stereocenters. The number of aliphatic hydroxyl groups excluding tert-OH is 1. The van der Waals surface area contributed by atoms with Crippen molar-refractivity contribution in [3.8, 4) is 0 Å². The molecule has 2 heterocycles. The molecule has 6 nitrogen and oxygen atoms in total. The maximum absolute atomic E-state index is 12.1. The monoisotopic (exact) mass is 271 g/mol. The van der Waals surface area contributed by atoms with E-state index in [2.05, 4.69) is 9.71 Å². The molecule has 1 aliphatic rings. The van der Waals surface area contributed by atoms with Gasteiger partial charge in [0.1, 0.15) is 0 Å². The Balaban J connectivity index is 2.00. The van der Waals surface area contributed by atoms with Crippen molar-refractivity contribution in [2.45, 2.75) is 12.8 Å². The van der Waals surface area contributed by atoms with Gasteiger partial charge in [-0.2, -0.15) is 12.7 Å². The molecular weight excluding hydrogens is 254 g/mol. The van der Waals surface area contributed by atoms with Gasteiger partial charge in [0.15, 0.2) is 0 Å². The number of hydrogen-bond donors (Lipinski definition) is 2. The number of nitrogens with zero attached hydrogens (tertiary/aromatic N) is 2. The van der Waals surface area contributed by atoms with Gasteiger partial charge in [-0.3, -0.25) is 9.71 Å². The Morgan fingerprint density at radius 2 is 2.17 bits per heavy atom. The molecular formula is C11H17N3O3S. The van der Waals surface area contributed by atoms with Crippen molar-refractivity contribution in [3.05, 3.63) is 24.5 Å². The van der Waals surface area contributed by atoms with Crippen molar-refractivity contribution >= 4 is 15.9 Å². The van der Waals surface area contributed by atoms with Crippen LogP contribution in [0.3, 0.4) is 0 Å². The van der Waals surface area contributed by atoms with Crippen LogP contribution >= 0.6 is 0 Å². The molecule has 0 spiro atoms. The molecule has 18 heavy (non-hydrogen) atoms. The molecule has 2 rings (SSSR count). The maximum atomic E-state index is 12.1. The number of hydrogen-bond acceptors (Lipinski definition) is 4. The number of piperidine rings is 1. The van der Waals surface area contributed by atoms with E-state index in [0.29, 0.717) is 31.6 Å². The third-order valence-electron chi connectivity index (χ3n) is 3.08. The van der Waals surface area contributed by atoms with Crippen molar-refractivity contribution in [2.75, 3.05) is 24.4 Å². The Kier molecular flexibility index (Phi) is 4.15. The van der Waals surface area contributed by atoms with E-state index >= 15 is 0 Å². The van der Waals surface area contributed by atoms with Gasteiger partial charge in [-0.15, -0.1) is 0 Å². The summed E-state index contributed by atoms with van der Waals surface area (Å²) in [5.74, 6) is 0.217. The van der Waals surface area contributed by atoms with Crippen molar-refractivity contribution in [2.24, 2.45) is 5.92 Å². The van der Waals surface area contributed by atoms with E-state index in [1.807, 2.05) is 0 Å². The fourth-order valence-electron chi connectivity index (χ4n) is 1.97. The van der Waals surface area contributed by atoms with E-state index in [4.69, 9.17) is 5.11 Å². The minimum Gasteiger partial charge on any atom is -0.396 e. The summed E-state index contributed by atoms with van der Waals surface area (Å²) in [7, 11) is -3.51. The summed E-state index contributed by atoms with van der Waals surface area (Å²) in [6.45, 7) is 1.02. The normalized spacial score (nSPS) is 18.7. The quantitative estimate of drug-likeness (QED) is 0.832. The van der Waals surface area contributed by atoms with Crippen LogP contribution in [-0.4, -0.2) is 42.5 Å². The van der Waals surface area contributed by atoms with Crippen LogP contribution in [0.4, 0.5) is 5.69 Å². The maximum Gasteiger partial charge on any atom is 0.301 e. The summed E-state index contributed by atoms with van der Waals surface area (Å²) in [5, 5.41) is 9.02. The summed E-state index contributed by atoms with van der Waals surface area (Å²) in [6, 6.07) is 3.33. The van der Waals surface area contributed by atoms with Crippen molar-refractivity contribution in [1.29, 1.82) is 0 Å². The molecule has 0 saturated carbocycles. The Morgan fingerprint density at radius 1 is 1.44 bits per heavy atom. The van der Waals surface area contributed by atoms with Gasteiger partial charge < -0.3 is 5.11 Å². The standard InChI is InChI=1S/C11H17N3O3S/c15-9-10-3-6-14(7-4-10)18(16,17)13-11-2-1-5-12-8-11/h1-2,5,8,10,13,15H,3-4,6-7,9H2. The Hall–Kier alpha value is -1.18. The van der Waals surface area contributed by atoms with Gasteiger partial charge >= 0.3 is 10.2 Å². The van der Waals surface area contributed by atoms with Crippen LogP contribution in [0.1, 0.15) is 12.8 Å². The summed E-state index contributed by atoms with van der Waals surface area (Å²) in [5.41, 5.74) is 0.460. The molecule has 0 aliphatic carbocycles. The highest BCUT2D eigenvalue weighted by Gasteiger charge is 2.27. The number of rotatable bonds is 4. The SMILES string of the molecule is O=S(=O)(Nc1cccnc1)N1CCC(CO)CC1. The van der Waals surface area contributed by atoms with E-state index in [0.717, 1.165) is 0 Å². The summed E-state index contributed by atoms with van der Waals surface area (Å²) < 4.78 is 28.1. The van der Waals surface area contributed by atoms with Crippen LogP contribution in [-0.2, 0) is 10.2 Å². The van der Waals surface area contributed by atoms with Gasteiger partial charge in [-0.25, -0.2) is 0 Å². The van der Waals surface area contributed by atoms with Crippen LogP contribution in [0.5, 0.6) is 0 Å².